The van der Waals surface area contributed by atoms with Crippen LogP contribution in [0, 0.1) is 0 Å². The smallest absolute Gasteiger partial charge is 0.272 e. The first kappa shape index (κ1) is 18.4. The van der Waals surface area contributed by atoms with Gasteiger partial charge in [-0.15, -0.1) is 0 Å². The lowest BCUT2D eigenvalue weighted by Gasteiger charge is -2.28. The third-order valence-electron chi connectivity index (χ3n) is 4.91. The van der Waals surface area contributed by atoms with Crippen molar-refractivity contribution in [2.24, 2.45) is 0 Å². The molecule has 0 aliphatic carbocycles. The molecular formula is C22H21ClN4O. The molecule has 142 valence electrons. The van der Waals surface area contributed by atoms with Crippen molar-refractivity contribution in [1.82, 2.24) is 14.9 Å². The molecule has 1 aliphatic heterocycles. The topological polar surface area (TPSA) is 58.1 Å². The number of fused-ring (bicyclic) bond motifs is 1. The van der Waals surface area contributed by atoms with Gasteiger partial charge in [0.15, 0.2) is 0 Å². The van der Waals surface area contributed by atoms with E-state index in [1.807, 2.05) is 41.3 Å². The van der Waals surface area contributed by atoms with Gasteiger partial charge in [-0.2, -0.15) is 0 Å². The molecule has 0 bridgehead atoms. The van der Waals surface area contributed by atoms with Gasteiger partial charge in [0.2, 0.25) is 0 Å². The zero-order valence-electron chi connectivity index (χ0n) is 15.4. The summed E-state index contributed by atoms with van der Waals surface area (Å²) in [5, 5.41) is 3.99. The van der Waals surface area contributed by atoms with Gasteiger partial charge >= 0.3 is 0 Å². The number of hydrogen-bond acceptors (Lipinski definition) is 4. The highest BCUT2D eigenvalue weighted by Crippen LogP contribution is 2.20. The Morgan fingerprint density at radius 2 is 1.93 bits per heavy atom. The van der Waals surface area contributed by atoms with Gasteiger partial charge in [-0.1, -0.05) is 48.0 Å². The first-order valence-electron chi connectivity index (χ1n) is 9.35. The Hall–Kier alpha value is -2.92. The number of benzene rings is 2. The van der Waals surface area contributed by atoms with Crippen LogP contribution in [0.2, 0.25) is 5.02 Å². The van der Waals surface area contributed by atoms with Crippen molar-refractivity contribution in [2.45, 2.75) is 19.4 Å². The number of aromatic nitrogens is 2. The minimum Gasteiger partial charge on any atom is -0.370 e. The molecule has 0 spiro atoms. The Morgan fingerprint density at radius 3 is 2.79 bits per heavy atom. The molecule has 6 heteroatoms. The van der Waals surface area contributed by atoms with E-state index >= 15 is 0 Å². The fraction of sp³-hybridized carbons (Fsp3) is 0.227. The van der Waals surface area contributed by atoms with E-state index in [1.54, 1.807) is 6.07 Å². The summed E-state index contributed by atoms with van der Waals surface area (Å²) in [5.74, 6) is 0.590. The molecule has 2 aromatic carbocycles. The maximum absolute atomic E-state index is 12.9. The molecule has 0 saturated carbocycles. The Bertz CT molecular complexity index is 992. The fourth-order valence-electron chi connectivity index (χ4n) is 3.43. The van der Waals surface area contributed by atoms with Gasteiger partial charge in [0.1, 0.15) is 17.8 Å². The highest BCUT2D eigenvalue weighted by Gasteiger charge is 2.22. The van der Waals surface area contributed by atoms with Crippen LogP contribution in [0.15, 0.2) is 60.9 Å². The zero-order valence-corrected chi connectivity index (χ0v) is 16.2. The predicted molar refractivity (Wildman–Crippen MR) is 111 cm³/mol. The number of rotatable bonds is 5. The molecule has 0 atom stereocenters. The maximum Gasteiger partial charge on any atom is 0.272 e. The van der Waals surface area contributed by atoms with E-state index in [0.29, 0.717) is 31.1 Å². The third-order valence-corrected chi connectivity index (χ3v) is 5.15. The Morgan fingerprint density at radius 1 is 1.07 bits per heavy atom. The standard InChI is InChI=1S/C22H21ClN4O/c23-19-7-3-4-16(12-19)8-10-24-21-13-20(25-15-26-21)22(28)27-11-9-17-5-1-2-6-18(17)14-27/h1-7,12-13,15H,8-11,14H2,(H,24,25,26). The van der Waals surface area contributed by atoms with Crippen molar-refractivity contribution >= 4 is 23.3 Å². The van der Waals surface area contributed by atoms with Crippen LogP contribution in [0.25, 0.3) is 0 Å². The lowest BCUT2D eigenvalue weighted by molar-refractivity contribution is 0.0728. The summed E-state index contributed by atoms with van der Waals surface area (Å²) < 4.78 is 0. The summed E-state index contributed by atoms with van der Waals surface area (Å²) in [5.41, 5.74) is 4.09. The van der Waals surface area contributed by atoms with Gasteiger partial charge in [-0.25, -0.2) is 9.97 Å². The average Bonchev–Trinajstić information content (AvgIpc) is 2.73. The van der Waals surface area contributed by atoms with E-state index < -0.39 is 0 Å². The van der Waals surface area contributed by atoms with Gasteiger partial charge in [0, 0.05) is 30.7 Å². The number of carbonyl (C=O) groups excluding carboxylic acids is 1. The second-order valence-corrected chi connectivity index (χ2v) is 7.28. The first-order valence-corrected chi connectivity index (χ1v) is 9.73. The lowest BCUT2D eigenvalue weighted by atomic mass is 10.00. The molecule has 1 aromatic heterocycles. The number of anilines is 1. The van der Waals surface area contributed by atoms with Crippen LogP contribution >= 0.6 is 11.6 Å². The number of nitrogens with one attached hydrogen (secondary N) is 1. The molecule has 2 heterocycles. The largest absolute Gasteiger partial charge is 0.370 e. The van der Waals surface area contributed by atoms with E-state index in [4.69, 9.17) is 11.6 Å². The number of halogens is 1. The molecule has 0 radical (unpaired) electrons. The van der Waals surface area contributed by atoms with Crippen LogP contribution in [0.4, 0.5) is 5.82 Å². The van der Waals surface area contributed by atoms with E-state index in [9.17, 15) is 4.79 Å². The minimum atomic E-state index is -0.0604. The maximum atomic E-state index is 12.9. The SMILES string of the molecule is O=C(c1cc(NCCc2cccc(Cl)c2)ncn1)N1CCc2ccccc2C1. The molecule has 28 heavy (non-hydrogen) atoms. The van der Waals surface area contributed by atoms with Gasteiger partial charge in [0.25, 0.3) is 5.91 Å². The van der Waals surface area contributed by atoms with Crippen LogP contribution < -0.4 is 5.32 Å². The second kappa shape index (κ2) is 8.40. The summed E-state index contributed by atoms with van der Waals surface area (Å²) in [7, 11) is 0. The Kier molecular flexibility index (Phi) is 5.53. The number of nitrogens with zero attached hydrogens (tertiary/aromatic N) is 3. The van der Waals surface area contributed by atoms with Gasteiger partial charge in [-0.05, 0) is 41.7 Å². The van der Waals surface area contributed by atoms with E-state index in [1.165, 1.54) is 17.5 Å². The predicted octanol–water partition coefficient (Wildman–Crippen LogP) is 3.98. The van der Waals surface area contributed by atoms with Crippen LogP contribution in [0.1, 0.15) is 27.2 Å². The van der Waals surface area contributed by atoms with Crippen molar-refractivity contribution in [1.29, 1.82) is 0 Å². The summed E-state index contributed by atoms with van der Waals surface area (Å²) >= 11 is 6.02. The molecule has 1 aliphatic rings. The monoisotopic (exact) mass is 392 g/mol. The van der Waals surface area contributed by atoms with Crippen LogP contribution in [-0.2, 0) is 19.4 Å². The van der Waals surface area contributed by atoms with E-state index in [2.05, 4.69) is 27.4 Å². The normalized spacial score (nSPS) is 13.1. The van der Waals surface area contributed by atoms with Crippen molar-refractivity contribution < 1.29 is 4.79 Å². The van der Waals surface area contributed by atoms with Crippen molar-refractivity contribution in [3.63, 3.8) is 0 Å². The van der Waals surface area contributed by atoms with Crippen molar-refractivity contribution in [2.75, 3.05) is 18.4 Å². The summed E-state index contributed by atoms with van der Waals surface area (Å²) in [6.45, 7) is 2.02. The third kappa shape index (κ3) is 4.31. The van der Waals surface area contributed by atoms with Gasteiger partial charge in [-0.3, -0.25) is 4.79 Å². The quantitative estimate of drug-likeness (QED) is 0.713. The lowest BCUT2D eigenvalue weighted by Crippen LogP contribution is -2.36. The molecular weight excluding hydrogens is 372 g/mol. The summed E-state index contributed by atoms with van der Waals surface area (Å²) in [6, 6.07) is 17.8. The average molecular weight is 393 g/mol. The molecule has 1 amide bonds. The van der Waals surface area contributed by atoms with Gasteiger partial charge in [0.05, 0.1) is 0 Å². The Labute approximate surface area is 169 Å². The molecule has 5 nitrogen and oxygen atoms in total. The highest BCUT2D eigenvalue weighted by molar-refractivity contribution is 6.30. The van der Waals surface area contributed by atoms with Crippen molar-refractivity contribution in [3.8, 4) is 0 Å². The fourth-order valence-corrected chi connectivity index (χ4v) is 3.64. The summed E-state index contributed by atoms with van der Waals surface area (Å²) in [4.78, 5) is 23.2. The molecule has 4 rings (SSSR count). The van der Waals surface area contributed by atoms with Crippen LogP contribution in [0.5, 0.6) is 0 Å². The number of carbonyl (C=O) groups is 1. The summed E-state index contributed by atoms with van der Waals surface area (Å²) in [6.07, 6.45) is 3.13. The molecule has 3 aromatic rings. The number of hydrogen-bond donors (Lipinski definition) is 1. The Balaban J connectivity index is 1.39. The molecule has 0 saturated heterocycles. The first-order chi connectivity index (χ1) is 13.7. The minimum absolute atomic E-state index is 0.0604. The number of amides is 1. The zero-order chi connectivity index (χ0) is 19.3. The molecule has 0 unspecified atom stereocenters. The highest BCUT2D eigenvalue weighted by atomic mass is 35.5. The van der Waals surface area contributed by atoms with Crippen molar-refractivity contribution in [3.05, 3.63) is 88.3 Å². The van der Waals surface area contributed by atoms with Gasteiger partial charge < -0.3 is 10.2 Å². The van der Waals surface area contributed by atoms with Crippen LogP contribution in [-0.4, -0.2) is 33.9 Å². The molecule has 1 N–H and O–H groups in total. The van der Waals surface area contributed by atoms with E-state index in [-0.39, 0.29) is 5.91 Å². The molecule has 0 fully saturated rings. The van der Waals surface area contributed by atoms with E-state index in [0.717, 1.165) is 23.4 Å². The van der Waals surface area contributed by atoms with Crippen LogP contribution in [0.3, 0.4) is 0 Å². The second-order valence-electron chi connectivity index (χ2n) is 6.84.